The van der Waals surface area contributed by atoms with Gasteiger partial charge in [-0.25, -0.2) is 0 Å². The van der Waals surface area contributed by atoms with E-state index < -0.39 is 0 Å². The Kier molecular flexibility index (Phi) is 3.42. The van der Waals surface area contributed by atoms with E-state index in [-0.39, 0.29) is 11.9 Å². The number of aryl methyl sites for hydroxylation is 2. The minimum atomic E-state index is -0.310. The molecule has 3 rings (SSSR count). The van der Waals surface area contributed by atoms with Crippen LogP contribution in [0.2, 0.25) is 0 Å². The minimum Gasteiger partial charge on any atom is -0.368 e. The normalized spacial score (nSPS) is 10.6. The van der Waals surface area contributed by atoms with Crippen molar-refractivity contribution in [2.45, 2.75) is 13.8 Å². The Morgan fingerprint density at radius 3 is 2.64 bits per heavy atom. The van der Waals surface area contributed by atoms with E-state index in [2.05, 4.69) is 15.1 Å². The highest BCUT2D eigenvalue weighted by Gasteiger charge is 2.17. The second kappa shape index (κ2) is 5.40. The standard InChI is InChI=1S/C16H15N5O/c1-10-6-7-12(9-11(10)2)15(22)21-16(17)19-14(20-21)13-5-3-4-8-18-13/h3-9H,1-2H3,(H2,17,19,20). The van der Waals surface area contributed by atoms with Gasteiger partial charge in [-0.15, -0.1) is 5.10 Å². The first-order valence-corrected chi connectivity index (χ1v) is 6.82. The highest BCUT2D eigenvalue weighted by Crippen LogP contribution is 2.16. The van der Waals surface area contributed by atoms with E-state index in [0.717, 1.165) is 15.8 Å². The van der Waals surface area contributed by atoms with Gasteiger partial charge in [0.15, 0.2) is 0 Å². The zero-order chi connectivity index (χ0) is 15.7. The summed E-state index contributed by atoms with van der Waals surface area (Å²) in [6.07, 6.45) is 1.64. The molecule has 6 nitrogen and oxygen atoms in total. The molecule has 0 aliphatic carbocycles. The maximum atomic E-state index is 12.5. The van der Waals surface area contributed by atoms with Crippen molar-refractivity contribution in [3.05, 3.63) is 59.3 Å². The molecule has 3 aromatic rings. The number of hydrogen-bond acceptors (Lipinski definition) is 5. The van der Waals surface area contributed by atoms with Crippen molar-refractivity contribution in [1.82, 2.24) is 19.7 Å². The van der Waals surface area contributed by atoms with Crippen molar-refractivity contribution in [2.75, 3.05) is 5.73 Å². The molecule has 1 aromatic carbocycles. The van der Waals surface area contributed by atoms with Crippen LogP contribution in [0.1, 0.15) is 21.5 Å². The lowest BCUT2D eigenvalue weighted by atomic mass is 10.1. The minimum absolute atomic E-state index is 0.0453. The summed E-state index contributed by atoms with van der Waals surface area (Å²) in [5.74, 6) is 0.0643. The third kappa shape index (κ3) is 2.46. The fourth-order valence-corrected chi connectivity index (χ4v) is 2.07. The van der Waals surface area contributed by atoms with Gasteiger partial charge >= 0.3 is 0 Å². The number of carbonyl (C=O) groups is 1. The van der Waals surface area contributed by atoms with Crippen molar-refractivity contribution in [3.8, 4) is 11.5 Å². The molecule has 0 radical (unpaired) electrons. The van der Waals surface area contributed by atoms with E-state index in [1.165, 1.54) is 0 Å². The molecular weight excluding hydrogens is 278 g/mol. The molecule has 0 atom stereocenters. The number of nitrogen functional groups attached to an aromatic ring is 1. The molecule has 0 fully saturated rings. The Balaban J connectivity index is 2.00. The molecule has 0 bridgehead atoms. The predicted octanol–water partition coefficient (Wildman–Crippen LogP) is 2.23. The second-order valence-corrected chi connectivity index (χ2v) is 5.02. The topological polar surface area (TPSA) is 86.7 Å². The van der Waals surface area contributed by atoms with Crippen LogP contribution in [-0.2, 0) is 0 Å². The van der Waals surface area contributed by atoms with E-state index in [4.69, 9.17) is 5.73 Å². The number of anilines is 1. The summed E-state index contributed by atoms with van der Waals surface area (Å²) < 4.78 is 1.11. The van der Waals surface area contributed by atoms with Gasteiger partial charge in [0.05, 0.1) is 0 Å². The van der Waals surface area contributed by atoms with E-state index in [0.29, 0.717) is 17.1 Å². The Bertz CT molecular complexity index is 839. The van der Waals surface area contributed by atoms with Crippen molar-refractivity contribution in [3.63, 3.8) is 0 Å². The fraction of sp³-hybridized carbons (Fsp3) is 0.125. The van der Waals surface area contributed by atoms with Crippen molar-refractivity contribution >= 4 is 11.9 Å². The number of aromatic nitrogens is 4. The SMILES string of the molecule is Cc1ccc(C(=O)n2nc(-c3ccccn3)nc2N)cc1C. The Morgan fingerprint density at radius 2 is 1.95 bits per heavy atom. The number of rotatable bonds is 2. The van der Waals surface area contributed by atoms with Gasteiger partial charge < -0.3 is 5.73 Å². The molecule has 0 aliphatic heterocycles. The molecule has 0 unspecified atom stereocenters. The first-order valence-electron chi connectivity index (χ1n) is 6.82. The molecule has 0 saturated heterocycles. The highest BCUT2D eigenvalue weighted by atomic mass is 16.2. The summed E-state index contributed by atoms with van der Waals surface area (Å²) in [4.78, 5) is 20.8. The van der Waals surface area contributed by atoms with Crippen LogP contribution in [0, 0.1) is 13.8 Å². The molecule has 22 heavy (non-hydrogen) atoms. The van der Waals surface area contributed by atoms with Crippen molar-refractivity contribution < 1.29 is 4.79 Å². The summed E-state index contributed by atoms with van der Waals surface area (Å²) in [5, 5.41) is 4.18. The average Bonchev–Trinajstić information content (AvgIpc) is 2.92. The van der Waals surface area contributed by atoms with Gasteiger partial charge in [-0.2, -0.15) is 9.67 Å². The Morgan fingerprint density at radius 1 is 1.14 bits per heavy atom. The fourth-order valence-electron chi connectivity index (χ4n) is 2.07. The quantitative estimate of drug-likeness (QED) is 0.783. The first kappa shape index (κ1) is 13.9. The second-order valence-electron chi connectivity index (χ2n) is 5.02. The number of benzene rings is 1. The third-order valence-electron chi connectivity index (χ3n) is 3.47. The summed E-state index contributed by atoms with van der Waals surface area (Å²) >= 11 is 0. The Hall–Kier alpha value is -3.02. The molecule has 2 aromatic heterocycles. The van der Waals surface area contributed by atoms with Gasteiger partial charge in [0.1, 0.15) is 5.69 Å². The number of carbonyl (C=O) groups excluding carboxylic acids is 1. The van der Waals surface area contributed by atoms with Crippen LogP contribution in [0.4, 0.5) is 5.95 Å². The number of hydrogen-bond donors (Lipinski definition) is 1. The smallest absolute Gasteiger partial charge is 0.281 e. The van der Waals surface area contributed by atoms with Gasteiger partial charge in [-0.1, -0.05) is 12.1 Å². The molecule has 2 N–H and O–H groups in total. The van der Waals surface area contributed by atoms with Crippen molar-refractivity contribution in [1.29, 1.82) is 0 Å². The van der Waals surface area contributed by atoms with Crippen LogP contribution in [0.5, 0.6) is 0 Å². The third-order valence-corrected chi connectivity index (χ3v) is 3.47. The van der Waals surface area contributed by atoms with E-state index in [1.807, 2.05) is 32.0 Å². The molecule has 0 aliphatic rings. The lowest BCUT2D eigenvalue weighted by Crippen LogP contribution is -2.16. The lowest BCUT2D eigenvalue weighted by molar-refractivity contribution is 0.0948. The van der Waals surface area contributed by atoms with E-state index >= 15 is 0 Å². The van der Waals surface area contributed by atoms with Gasteiger partial charge in [0.25, 0.3) is 5.91 Å². The predicted molar refractivity (Wildman–Crippen MR) is 83.3 cm³/mol. The number of nitrogens with two attached hydrogens (primary N) is 1. The first-order chi connectivity index (χ1) is 10.6. The van der Waals surface area contributed by atoms with E-state index in [1.54, 1.807) is 24.4 Å². The zero-order valence-corrected chi connectivity index (χ0v) is 12.3. The number of nitrogens with zero attached hydrogens (tertiary/aromatic N) is 4. The van der Waals surface area contributed by atoms with Crippen molar-refractivity contribution in [2.24, 2.45) is 0 Å². The Labute approximate surface area is 127 Å². The summed E-state index contributed by atoms with van der Waals surface area (Å²) in [6, 6.07) is 10.9. The molecule has 2 heterocycles. The highest BCUT2D eigenvalue weighted by molar-refractivity contribution is 5.97. The summed E-state index contributed by atoms with van der Waals surface area (Å²) in [7, 11) is 0. The molecule has 6 heteroatoms. The van der Waals surface area contributed by atoms with Crippen LogP contribution in [0.3, 0.4) is 0 Å². The lowest BCUT2D eigenvalue weighted by Gasteiger charge is -2.04. The maximum Gasteiger partial charge on any atom is 0.281 e. The summed E-state index contributed by atoms with van der Waals surface area (Å²) in [5.41, 5.74) is 9.08. The molecular formula is C16H15N5O. The van der Waals surface area contributed by atoms with Gasteiger partial charge in [0, 0.05) is 11.8 Å². The summed E-state index contributed by atoms with van der Waals surface area (Å²) in [6.45, 7) is 3.95. The van der Waals surface area contributed by atoms with Crippen LogP contribution in [-0.4, -0.2) is 25.7 Å². The van der Waals surface area contributed by atoms with Crippen LogP contribution >= 0.6 is 0 Å². The van der Waals surface area contributed by atoms with Gasteiger partial charge in [0.2, 0.25) is 11.8 Å². The molecule has 110 valence electrons. The van der Waals surface area contributed by atoms with E-state index in [9.17, 15) is 4.79 Å². The van der Waals surface area contributed by atoms with Gasteiger partial charge in [-0.05, 0) is 49.2 Å². The average molecular weight is 293 g/mol. The van der Waals surface area contributed by atoms with Gasteiger partial charge in [-0.3, -0.25) is 9.78 Å². The van der Waals surface area contributed by atoms with Crippen LogP contribution < -0.4 is 5.73 Å². The zero-order valence-electron chi connectivity index (χ0n) is 12.3. The molecule has 0 saturated carbocycles. The van der Waals surface area contributed by atoms with Crippen LogP contribution in [0.15, 0.2) is 42.6 Å². The maximum absolute atomic E-state index is 12.5. The largest absolute Gasteiger partial charge is 0.368 e. The van der Waals surface area contributed by atoms with Crippen LogP contribution in [0.25, 0.3) is 11.5 Å². The number of pyridine rings is 1. The molecule has 0 spiro atoms. The monoisotopic (exact) mass is 293 g/mol. The molecule has 0 amide bonds.